The molecule has 0 bridgehead atoms. The number of hydrogen-bond acceptors (Lipinski definition) is 4. The quantitative estimate of drug-likeness (QED) is 0.379. The Kier molecular flexibility index (Phi) is 6.38. The van der Waals surface area contributed by atoms with Gasteiger partial charge in [-0.05, 0) is 28.0 Å². The maximum Gasteiger partial charge on any atom is 0.143 e. The van der Waals surface area contributed by atoms with E-state index in [4.69, 9.17) is 22.1 Å². The molecule has 3 aromatic heterocycles. The summed E-state index contributed by atoms with van der Waals surface area (Å²) < 4.78 is 8.70. The van der Waals surface area contributed by atoms with Gasteiger partial charge in [-0.15, -0.1) is 0 Å². The zero-order chi connectivity index (χ0) is 19.6. The van der Waals surface area contributed by atoms with Crippen LogP contribution >= 0.6 is 27.5 Å². The average molecular weight is 468 g/mol. The van der Waals surface area contributed by atoms with E-state index in [1.807, 2.05) is 22.9 Å². The maximum absolute atomic E-state index is 6.62. The fraction of sp³-hybridized carbons (Fsp3) is 0.368. The topological polar surface area (TPSA) is 66.0 Å². The van der Waals surface area contributed by atoms with Crippen molar-refractivity contribution in [3.05, 3.63) is 45.9 Å². The second kappa shape index (κ2) is 8.41. The summed E-state index contributed by atoms with van der Waals surface area (Å²) in [4.78, 5) is 8.99. The van der Waals surface area contributed by atoms with Crippen LogP contribution in [0.3, 0.4) is 0 Å². The highest BCUT2D eigenvalue weighted by Crippen LogP contribution is 2.38. The summed E-state index contributed by atoms with van der Waals surface area (Å²) in [6.45, 7) is 8.56. The SMILES string of the molecule is C[Si](C)(C)CCOCn1cc(-c2cccnc2CN)c2c(Cl)c(Br)cnc21. The maximum atomic E-state index is 6.62. The first kappa shape index (κ1) is 20.5. The van der Waals surface area contributed by atoms with E-state index < -0.39 is 8.07 Å². The molecule has 0 saturated carbocycles. The van der Waals surface area contributed by atoms with Crippen molar-refractivity contribution < 1.29 is 4.74 Å². The molecule has 0 fully saturated rings. The predicted octanol–water partition coefficient (Wildman–Crippen LogP) is 5.29. The molecular weight excluding hydrogens is 444 g/mol. The van der Waals surface area contributed by atoms with Gasteiger partial charge in [0.25, 0.3) is 0 Å². The third kappa shape index (κ3) is 4.60. The Labute approximate surface area is 174 Å². The normalized spacial score (nSPS) is 12.1. The molecule has 0 atom stereocenters. The van der Waals surface area contributed by atoms with Gasteiger partial charge in [0.2, 0.25) is 0 Å². The molecule has 0 saturated heterocycles. The molecule has 0 aliphatic rings. The van der Waals surface area contributed by atoms with Crippen molar-refractivity contribution in [2.75, 3.05) is 6.61 Å². The van der Waals surface area contributed by atoms with E-state index in [0.717, 1.165) is 45.0 Å². The molecule has 0 amide bonds. The van der Waals surface area contributed by atoms with Crippen molar-refractivity contribution in [1.29, 1.82) is 0 Å². The number of ether oxygens (including phenoxy) is 1. The number of nitrogens with zero attached hydrogens (tertiary/aromatic N) is 3. The molecule has 144 valence electrons. The lowest BCUT2D eigenvalue weighted by atomic mass is 10.0. The van der Waals surface area contributed by atoms with E-state index in [0.29, 0.717) is 18.3 Å². The number of fused-ring (bicyclic) bond motifs is 1. The second-order valence-electron chi connectivity index (χ2n) is 7.68. The first-order chi connectivity index (χ1) is 12.8. The van der Waals surface area contributed by atoms with Crippen molar-refractivity contribution in [3.8, 4) is 11.1 Å². The third-order valence-corrected chi connectivity index (χ3v) is 7.31. The van der Waals surface area contributed by atoms with Crippen LogP contribution in [-0.4, -0.2) is 29.2 Å². The van der Waals surface area contributed by atoms with Gasteiger partial charge in [-0.25, -0.2) is 4.98 Å². The molecule has 0 aliphatic heterocycles. The predicted molar refractivity (Wildman–Crippen MR) is 118 cm³/mol. The van der Waals surface area contributed by atoms with Gasteiger partial charge in [-0.3, -0.25) is 4.98 Å². The Hall–Kier alpha value is -1.25. The van der Waals surface area contributed by atoms with Gasteiger partial charge >= 0.3 is 0 Å². The number of aromatic nitrogens is 3. The van der Waals surface area contributed by atoms with Crippen LogP contribution in [0.1, 0.15) is 5.69 Å². The van der Waals surface area contributed by atoms with Gasteiger partial charge in [-0.1, -0.05) is 37.3 Å². The Morgan fingerprint density at radius 1 is 1.26 bits per heavy atom. The minimum absolute atomic E-state index is 0.356. The molecular formula is C19H24BrClN4OSi. The summed E-state index contributed by atoms with van der Waals surface area (Å²) in [6, 6.07) is 5.04. The highest BCUT2D eigenvalue weighted by atomic mass is 79.9. The monoisotopic (exact) mass is 466 g/mol. The molecule has 0 aromatic carbocycles. The van der Waals surface area contributed by atoms with Gasteiger partial charge < -0.3 is 15.0 Å². The standard InChI is InChI=1S/C19H24BrClN4OSi/c1-27(2,3)8-7-26-12-25-11-14(13-5-4-6-23-16(13)9-22)17-18(21)15(20)10-24-19(17)25/h4-6,10-11H,7-9,12,22H2,1-3H3. The summed E-state index contributed by atoms with van der Waals surface area (Å²) in [5, 5.41) is 1.50. The zero-order valence-corrected chi connectivity index (χ0v) is 19.1. The highest BCUT2D eigenvalue weighted by molar-refractivity contribution is 9.10. The zero-order valence-electron chi connectivity index (χ0n) is 15.8. The molecule has 0 aliphatic carbocycles. The third-order valence-electron chi connectivity index (χ3n) is 4.38. The van der Waals surface area contributed by atoms with Gasteiger partial charge in [-0.2, -0.15) is 0 Å². The number of halogens is 2. The van der Waals surface area contributed by atoms with Crippen LogP contribution in [0.15, 0.2) is 35.2 Å². The van der Waals surface area contributed by atoms with E-state index in [2.05, 4.69) is 45.5 Å². The summed E-state index contributed by atoms with van der Waals surface area (Å²) in [5.41, 5.74) is 9.44. The Morgan fingerprint density at radius 2 is 2.04 bits per heavy atom. The highest BCUT2D eigenvalue weighted by Gasteiger charge is 2.19. The number of rotatable bonds is 7. The molecule has 5 nitrogen and oxygen atoms in total. The summed E-state index contributed by atoms with van der Waals surface area (Å²) in [7, 11) is -1.12. The van der Waals surface area contributed by atoms with Crippen LogP contribution in [0.4, 0.5) is 0 Å². The van der Waals surface area contributed by atoms with Crippen LogP contribution in [0.25, 0.3) is 22.2 Å². The molecule has 0 radical (unpaired) electrons. The average Bonchev–Trinajstić information content (AvgIpc) is 3.00. The first-order valence-electron chi connectivity index (χ1n) is 8.87. The van der Waals surface area contributed by atoms with Gasteiger partial charge in [0.1, 0.15) is 12.4 Å². The lowest BCUT2D eigenvalue weighted by Crippen LogP contribution is -2.22. The first-order valence-corrected chi connectivity index (χ1v) is 13.7. The number of hydrogen-bond donors (Lipinski definition) is 1. The summed E-state index contributed by atoms with van der Waals surface area (Å²) in [5.74, 6) is 0. The molecule has 3 heterocycles. The van der Waals surface area contributed by atoms with Crippen molar-refractivity contribution in [2.24, 2.45) is 5.73 Å². The minimum atomic E-state index is -1.12. The molecule has 27 heavy (non-hydrogen) atoms. The number of nitrogens with two attached hydrogens (primary N) is 1. The summed E-state index contributed by atoms with van der Waals surface area (Å²) >= 11 is 10.1. The van der Waals surface area contributed by atoms with Gasteiger partial charge in [0.05, 0.1) is 15.2 Å². The van der Waals surface area contributed by atoms with E-state index in [1.165, 1.54) is 0 Å². The lowest BCUT2D eigenvalue weighted by molar-refractivity contribution is 0.0899. The molecule has 3 aromatic rings. The lowest BCUT2D eigenvalue weighted by Gasteiger charge is -2.15. The second-order valence-corrected chi connectivity index (χ2v) is 14.5. The summed E-state index contributed by atoms with van der Waals surface area (Å²) in [6.07, 6.45) is 5.50. The van der Waals surface area contributed by atoms with Crippen molar-refractivity contribution in [1.82, 2.24) is 14.5 Å². The number of pyridine rings is 2. The largest absolute Gasteiger partial charge is 0.361 e. The van der Waals surface area contributed by atoms with Gasteiger partial charge in [0.15, 0.2) is 0 Å². The van der Waals surface area contributed by atoms with Crippen molar-refractivity contribution >= 4 is 46.6 Å². The van der Waals surface area contributed by atoms with Crippen LogP contribution in [0, 0.1) is 0 Å². The van der Waals surface area contributed by atoms with Crippen LogP contribution in [0.5, 0.6) is 0 Å². The van der Waals surface area contributed by atoms with E-state index in [1.54, 1.807) is 12.4 Å². The Morgan fingerprint density at radius 3 is 2.74 bits per heavy atom. The van der Waals surface area contributed by atoms with E-state index in [9.17, 15) is 0 Å². The molecule has 0 spiro atoms. The smallest absolute Gasteiger partial charge is 0.143 e. The fourth-order valence-electron chi connectivity index (χ4n) is 2.88. The van der Waals surface area contributed by atoms with Crippen LogP contribution in [0.2, 0.25) is 30.7 Å². The Bertz CT molecular complexity index is 955. The van der Waals surface area contributed by atoms with Crippen LogP contribution < -0.4 is 5.73 Å². The van der Waals surface area contributed by atoms with Crippen molar-refractivity contribution in [3.63, 3.8) is 0 Å². The van der Waals surface area contributed by atoms with E-state index in [-0.39, 0.29) is 0 Å². The Balaban J connectivity index is 2.02. The fourth-order valence-corrected chi connectivity index (χ4v) is 4.18. The van der Waals surface area contributed by atoms with Crippen LogP contribution in [-0.2, 0) is 18.0 Å². The van der Waals surface area contributed by atoms with E-state index >= 15 is 0 Å². The molecule has 3 rings (SSSR count). The minimum Gasteiger partial charge on any atom is -0.361 e. The molecule has 8 heteroatoms. The van der Waals surface area contributed by atoms with Crippen molar-refractivity contribution in [2.45, 2.75) is 39.0 Å². The molecule has 0 unspecified atom stereocenters. The van der Waals surface area contributed by atoms with Gasteiger partial charge in [0, 0.05) is 56.3 Å². The molecule has 2 N–H and O–H groups in total.